The molecule has 3 unspecified atom stereocenters. The lowest BCUT2D eigenvalue weighted by Gasteiger charge is -2.41. The van der Waals surface area contributed by atoms with Gasteiger partial charge in [0, 0.05) is 12.4 Å². The van der Waals surface area contributed by atoms with E-state index in [0.29, 0.717) is 5.92 Å². The van der Waals surface area contributed by atoms with Gasteiger partial charge in [0.2, 0.25) is 0 Å². The van der Waals surface area contributed by atoms with Gasteiger partial charge >= 0.3 is 5.97 Å². The van der Waals surface area contributed by atoms with Gasteiger partial charge in [-0.3, -0.25) is 9.79 Å². The minimum atomic E-state index is -0.0819. The lowest BCUT2D eigenvalue weighted by molar-refractivity contribution is -0.146. The number of hydrogen-bond acceptors (Lipinski definition) is 4. The summed E-state index contributed by atoms with van der Waals surface area (Å²) in [6.07, 6.45) is 10.7. The van der Waals surface area contributed by atoms with Gasteiger partial charge in [0.25, 0.3) is 0 Å². The van der Waals surface area contributed by atoms with E-state index < -0.39 is 0 Å². The number of esters is 1. The molecule has 0 aromatic heterocycles. The minimum absolute atomic E-state index is 0.000764. The van der Waals surface area contributed by atoms with Crippen molar-refractivity contribution in [2.75, 3.05) is 13.7 Å². The molecular weight excluding hydrogens is 228 g/mol. The Hall–Kier alpha value is -1.42. The normalized spacial score (nSPS) is 37.5. The third-order valence-corrected chi connectivity index (χ3v) is 4.44. The summed E-state index contributed by atoms with van der Waals surface area (Å²) in [6.45, 7) is 1.00. The maximum atomic E-state index is 11.8. The Morgan fingerprint density at radius 1 is 1.61 bits per heavy atom. The largest absolute Gasteiger partial charge is 0.469 e. The van der Waals surface area contributed by atoms with Crippen LogP contribution in [0.5, 0.6) is 0 Å². The van der Waals surface area contributed by atoms with Crippen molar-refractivity contribution in [1.82, 2.24) is 5.32 Å². The number of carbonyl (C=O) groups excluding carboxylic acids is 1. The summed E-state index contributed by atoms with van der Waals surface area (Å²) in [5.74, 6) is 0.389. The zero-order valence-electron chi connectivity index (χ0n) is 10.6. The third-order valence-electron chi connectivity index (χ3n) is 4.44. The summed E-state index contributed by atoms with van der Waals surface area (Å²) in [5.41, 5.74) is 1.20. The maximum Gasteiger partial charge on any atom is 0.308 e. The van der Waals surface area contributed by atoms with Gasteiger partial charge < -0.3 is 10.1 Å². The quantitative estimate of drug-likeness (QED) is 0.712. The average Bonchev–Trinajstić information content (AvgIpc) is 2.69. The first-order valence-corrected chi connectivity index (χ1v) is 6.49. The molecule has 4 nitrogen and oxygen atoms in total. The standard InChI is InChI=1S/C14H18N2O2/c1-18-13(17)10-8-11-2-5-15-7-4-14(11)12(9-10)3-6-16-14/h2,4-5,7,10,12,16H,3,6,8-9H2,1H3. The number of rotatable bonds is 1. The Morgan fingerprint density at radius 3 is 3.33 bits per heavy atom. The average molecular weight is 246 g/mol. The predicted octanol–water partition coefficient (Wildman–Crippen LogP) is 1.44. The summed E-state index contributed by atoms with van der Waals surface area (Å²) < 4.78 is 4.91. The van der Waals surface area contributed by atoms with Crippen LogP contribution in [0.2, 0.25) is 0 Å². The molecule has 96 valence electrons. The summed E-state index contributed by atoms with van der Waals surface area (Å²) >= 11 is 0. The summed E-state index contributed by atoms with van der Waals surface area (Å²) in [4.78, 5) is 16.0. The molecule has 3 aliphatic rings. The Labute approximate surface area is 107 Å². The van der Waals surface area contributed by atoms with E-state index in [0.717, 1.165) is 25.8 Å². The molecule has 0 aromatic carbocycles. The fraction of sp³-hybridized carbons (Fsp3) is 0.571. The van der Waals surface area contributed by atoms with Gasteiger partial charge in [0.1, 0.15) is 0 Å². The summed E-state index contributed by atoms with van der Waals surface area (Å²) in [6, 6.07) is 0. The van der Waals surface area contributed by atoms with Crippen molar-refractivity contribution in [2.24, 2.45) is 16.8 Å². The second kappa shape index (κ2) is 4.35. The van der Waals surface area contributed by atoms with Crippen LogP contribution in [0.3, 0.4) is 0 Å². The molecule has 2 fully saturated rings. The van der Waals surface area contributed by atoms with Gasteiger partial charge in [0.15, 0.2) is 0 Å². The van der Waals surface area contributed by atoms with E-state index in [1.54, 1.807) is 0 Å². The van der Waals surface area contributed by atoms with Crippen LogP contribution < -0.4 is 5.32 Å². The third kappa shape index (κ3) is 1.63. The van der Waals surface area contributed by atoms with Crippen molar-refractivity contribution in [1.29, 1.82) is 0 Å². The monoisotopic (exact) mass is 246 g/mol. The highest BCUT2D eigenvalue weighted by Crippen LogP contribution is 2.46. The van der Waals surface area contributed by atoms with Gasteiger partial charge in [0.05, 0.1) is 18.6 Å². The van der Waals surface area contributed by atoms with Crippen LogP contribution in [0.15, 0.2) is 28.9 Å². The molecule has 2 heterocycles. The molecule has 3 rings (SSSR count). The molecule has 1 aliphatic carbocycles. The topological polar surface area (TPSA) is 50.7 Å². The fourth-order valence-electron chi connectivity index (χ4n) is 3.56. The van der Waals surface area contributed by atoms with Crippen LogP contribution in [0.1, 0.15) is 19.3 Å². The number of ether oxygens (including phenoxy) is 1. The molecule has 0 amide bonds. The zero-order valence-corrected chi connectivity index (χ0v) is 10.6. The molecular formula is C14H18N2O2. The van der Waals surface area contributed by atoms with E-state index in [1.807, 2.05) is 12.4 Å². The van der Waals surface area contributed by atoms with E-state index in [4.69, 9.17) is 4.74 Å². The number of aliphatic imine (C=N–C) groups is 1. The summed E-state index contributed by atoms with van der Waals surface area (Å²) in [5, 5.41) is 3.60. The maximum absolute atomic E-state index is 11.8. The number of allylic oxidation sites excluding steroid dienone is 1. The number of nitrogens with zero attached hydrogens (tertiary/aromatic N) is 1. The van der Waals surface area contributed by atoms with Crippen LogP contribution in [0.25, 0.3) is 0 Å². The lowest BCUT2D eigenvalue weighted by atomic mass is 9.66. The second-order valence-corrected chi connectivity index (χ2v) is 5.25. The highest BCUT2D eigenvalue weighted by molar-refractivity contribution is 5.77. The van der Waals surface area contributed by atoms with Crippen LogP contribution >= 0.6 is 0 Å². The Bertz CT molecular complexity index is 453. The van der Waals surface area contributed by atoms with Gasteiger partial charge in [-0.05, 0) is 49.5 Å². The van der Waals surface area contributed by atoms with Crippen molar-refractivity contribution < 1.29 is 9.53 Å². The van der Waals surface area contributed by atoms with Gasteiger partial charge in [-0.1, -0.05) is 0 Å². The molecule has 1 N–H and O–H groups in total. The Morgan fingerprint density at radius 2 is 2.50 bits per heavy atom. The molecule has 1 saturated carbocycles. The Balaban J connectivity index is 1.96. The molecule has 2 aliphatic heterocycles. The van der Waals surface area contributed by atoms with E-state index in [-0.39, 0.29) is 17.4 Å². The van der Waals surface area contributed by atoms with E-state index in [9.17, 15) is 4.79 Å². The van der Waals surface area contributed by atoms with Crippen molar-refractivity contribution >= 4 is 12.2 Å². The van der Waals surface area contributed by atoms with Gasteiger partial charge in [-0.25, -0.2) is 0 Å². The second-order valence-electron chi connectivity index (χ2n) is 5.25. The van der Waals surface area contributed by atoms with E-state index >= 15 is 0 Å². The van der Waals surface area contributed by atoms with Crippen LogP contribution in [-0.2, 0) is 9.53 Å². The van der Waals surface area contributed by atoms with Crippen molar-refractivity contribution in [3.8, 4) is 0 Å². The van der Waals surface area contributed by atoms with Crippen LogP contribution in [0.4, 0.5) is 0 Å². The molecule has 18 heavy (non-hydrogen) atoms. The minimum Gasteiger partial charge on any atom is -0.469 e. The molecule has 1 saturated heterocycles. The molecule has 0 radical (unpaired) electrons. The number of nitrogens with one attached hydrogen (secondary N) is 1. The first-order chi connectivity index (χ1) is 8.76. The van der Waals surface area contributed by atoms with Crippen molar-refractivity contribution in [3.63, 3.8) is 0 Å². The number of methoxy groups -OCH3 is 1. The predicted molar refractivity (Wildman–Crippen MR) is 69.3 cm³/mol. The first kappa shape index (κ1) is 11.7. The first-order valence-electron chi connectivity index (χ1n) is 6.49. The molecule has 3 atom stereocenters. The van der Waals surface area contributed by atoms with E-state index in [2.05, 4.69) is 22.5 Å². The Kier molecular flexibility index (Phi) is 2.82. The zero-order chi connectivity index (χ0) is 12.6. The van der Waals surface area contributed by atoms with Gasteiger partial charge in [-0.2, -0.15) is 0 Å². The highest BCUT2D eigenvalue weighted by atomic mass is 16.5. The van der Waals surface area contributed by atoms with Crippen LogP contribution in [-0.4, -0.2) is 31.4 Å². The number of carbonyl (C=O) groups is 1. The highest BCUT2D eigenvalue weighted by Gasteiger charge is 2.49. The van der Waals surface area contributed by atoms with Crippen LogP contribution in [0, 0.1) is 11.8 Å². The lowest BCUT2D eigenvalue weighted by Crippen LogP contribution is -2.49. The SMILES string of the molecule is COC(=O)C1CC2=CC=NC=CC23NCCC3C1. The number of hydrogen-bond donors (Lipinski definition) is 1. The fourth-order valence-corrected chi connectivity index (χ4v) is 3.56. The molecule has 4 heteroatoms. The molecule has 1 spiro atoms. The van der Waals surface area contributed by atoms with Crippen molar-refractivity contribution in [2.45, 2.75) is 24.8 Å². The van der Waals surface area contributed by atoms with E-state index in [1.165, 1.54) is 12.7 Å². The molecule has 0 bridgehead atoms. The molecule has 0 aromatic rings. The summed E-state index contributed by atoms with van der Waals surface area (Å²) in [7, 11) is 1.47. The smallest absolute Gasteiger partial charge is 0.308 e. The van der Waals surface area contributed by atoms with Crippen molar-refractivity contribution in [3.05, 3.63) is 23.9 Å². The van der Waals surface area contributed by atoms with Gasteiger partial charge in [-0.15, -0.1) is 0 Å².